The summed E-state index contributed by atoms with van der Waals surface area (Å²) in [6.45, 7) is 5.34. The van der Waals surface area contributed by atoms with E-state index in [4.69, 9.17) is 11.6 Å². The number of halogens is 4. The van der Waals surface area contributed by atoms with Crippen LogP contribution in [-0.4, -0.2) is 29.9 Å². The Morgan fingerprint density at radius 2 is 1.97 bits per heavy atom. The second-order valence-electron chi connectivity index (χ2n) is 7.02. The lowest BCUT2D eigenvalue weighted by molar-refractivity contribution is -0.137. The first-order chi connectivity index (χ1) is 13.8. The van der Waals surface area contributed by atoms with Gasteiger partial charge >= 0.3 is 6.18 Å². The lowest BCUT2D eigenvalue weighted by Gasteiger charge is -2.32. The molecule has 0 aliphatic carbocycles. The quantitative estimate of drug-likeness (QED) is 0.625. The lowest BCUT2D eigenvalue weighted by atomic mass is 9.96. The molecule has 7 heteroatoms. The van der Waals surface area contributed by atoms with Gasteiger partial charge in [0.25, 0.3) is 5.91 Å². The Bertz CT molecular complexity index is 870. The normalized spacial score (nSPS) is 18.4. The SMILES string of the molecule is C=CCN1CCCC1C(NC(=O)c1cccc(C(F)(F)F)c1Cl)c1ccccc1. The molecular weight excluding hydrogens is 401 g/mol. The second kappa shape index (κ2) is 9.01. The molecule has 1 amide bonds. The van der Waals surface area contributed by atoms with E-state index in [9.17, 15) is 18.0 Å². The fourth-order valence-corrected chi connectivity index (χ4v) is 4.15. The van der Waals surface area contributed by atoms with Crippen molar-refractivity contribution in [2.24, 2.45) is 0 Å². The predicted octanol–water partition coefficient (Wildman–Crippen LogP) is 5.48. The van der Waals surface area contributed by atoms with Crippen LogP contribution in [0.2, 0.25) is 5.02 Å². The fraction of sp³-hybridized carbons (Fsp3) is 0.318. The molecule has 3 rings (SSSR count). The molecule has 0 bridgehead atoms. The summed E-state index contributed by atoms with van der Waals surface area (Å²) in [6, 6.07) is 12.5. The molecule has 2 aromatic rings. The molecule has 0 saturated carbocycles. The molecule has 1 fully saturated rings. The third-order valence-corrected chi connectivity index (χ3v) is 5.56. The largest absolute Gasteiger partial charge is 0.417 e. The van der Waals surface area contributed by atoms with Gasteiger partial charge in [-0.3, -0.25) is 9.69 Å². The molecule has 2 aromatic carbocycles. The number of likely N-dealkylation sites (tertiary alicyclic amines) is 1. The van der Waals surface area contributed by atoms with Crippen LogP contribution in [0.15, 0.2) is 61.2 Å². The van der Waals surface area contributed by atoms with Gasteiger partial charge in [-0.1, -0.05) is 54.1 Å². The van der Waals surface area contributed by atoms with Gasteiger partial charge in [0.2, 0.25) is 0 Å². The van der Waals surface area contributed by atoms with E-state index in [-0.39, 0.29) is 17.6 Å². The molecule has 0 radical (unpaired) electrons. The molecule has 1 saturated heterocycles. The lowest BCUT2D eigenvalue weighted by Crippen LogP contribution is -2.43. The highest BCUT2D eigenvalue weighted by molar-refractivity contribution is 6.34. The smallest absolute Gasteiger partial charge is 0.344 e. The molecule has 1 aliphatic heterocycles. The van der Waals surface area contributed by atoms with E-state index in [0.29, 0.717) is 6.54 Å². The maximum Gasteiger partial charge on any atom is 0.417 e. The van der Waals surface area contributed by atoms with Crippen LogP contribution in [-0.2, 0) is 6.18 Å². The number of amides is 1. The van der Waals surface area contributed by atoms with E-state index < -0.39 is 22.7 Å². The predicted molar refractivity (Wildman–Crippen MR) is 108 cm³/mol. The molecule has 1 aliphatic rings. The maximum atomic E-state index is 13.2. The van der Waals surface area contributed by atoms with Gasteiger partial charge < -0.3 is 5.32 Å². The summed E-state index contributed by atoms with van der Waals surface area (Å²) >= 11 is 5.95. The molecule has 0 aromatic heterocycles. The topological polar surface area (TPSA) is 32.3 Å². The third kappa shape index (κ3) is 4.82. The molecule has 154 valence electrons. The Morgan fingerprint density at radius 3 is 2.62 bits per heavy atom. The average molecular weight is 423 g/mol. The van der Waals surface area contributed by atoms with Gasteiger partial charge in [-0.25, -0.2) is 0 Å². The van der Waals surface area contributed by atoms with Crippen molar-refractivity contribution in [3.8, 4) is 0 Å². The number of nitrogens with one attached hydrogen (secondary N) is 1. The van der Waals surface area contributed by atoms with E-state index in [1.165, 1.54) is 12.1 Å². The second-order valence-corrected chi connectivity index (χ2v) is 7.40. The van der Waals surface area contributed by atoms with Gasteiger partial charge in [-0.05, 0) is 37.1 Å². The van der Waals surface area contributed by atoms with Crippen LogP contribution in [0, 0.1) is 0 Å². The van der Waals surface area contributed by atoms with Crippen molar-refractivity contribution in [3.63, 3.8) is 0 Å². The third-order valence-electron chi connectivity index (χ3n) is 5.16. The van der Waals surface area contributed by atoms with Crippen LogP contribution in [0.5, 0.6) is 0 Å². The molecule has 1 heterocycles. The number of carbonyl (C=O) groups is 1. The summed E-state index contributed by atoms with van der Waals surface area (Å²) in [5, 5.41) is 2.35. The minimum absolute atomic E-state index is 0.0175. The van der Waals surface area contributed by atoms with E-state index in [1.54, 1.807) is 0 Å². The maximum absolute atomic E-state index is 13.2. The number of alkyl halides is 3. The minimum Gasteiger partial charge on any atom is -0.344 e. The van der Waals surface area contributed by atoms with Crippen LogP contribution >= 0.6 is 11.6 Å². The van der Waals surface area contributed by atoms with E-state index in [1.807, 2.05) is 36.4 Å². The Morgan fingerprint density at radius 1 is 1.24 bits per heavy atom. The van der Waals surface area contributed by atoms with Gasteiger partial charge in [0, 0.05) is 12.6 Å². The number of nitrogens with zero attached hydrogens (tertiary/aromatic N) is 1. The minimum atomic E-state index is -4.63. The van der Waals surface area contributed by atoms with Gasteiger partial charge in [-0.15, -0.1) is 6.58 Å². The number of benzene rings is 2. The standard InChI is InChI=1S/C22H22ClF3N2O/c1-2-13-28-14-7-12-18(28)20(15-8-4-3-5-9-15)27-21(29)16-10-6-11-17(19(16)23)22(24,25)26/h2-6,8-11,18,20H,1,7,12-14H2,(H,27,29). The Balaban J connectivity index is 1.93. The number of carbonyl (C=O) groups excluding carboxylic acids is 1. The molecule has 3 nitrogen and oxygen atoms in total. The summed E-state index contributed by atoms with van der Waals surface area (Å²) in [7, 11) is 0. The van der Waals surface area contributed by atoms with Crippen molar-refractivity contribution < 1.29 is 18.0 Å². The molecular formula is C22H22ClF3N2O. The van der Waals surface area contributed by atoms with Gasteiger partial charge in [-0.2, -0.15) is 13.2 Å². The van der Waals surface area contributed by atoms with Crippen LogP contribution in [0.1, 0.15) is 40.4 Å². The van der Waals surface area contributed by atoms with Crippen molar-refractivity contribution in [1.82, 2.24) is 10.2 Å². The van der Waals surface area contributed by atoms with Gasteiger partial charge in [0.05, 0.1) is 22.2 Å². The number of hydrogen-bond donors (Lipinski definition) is 1. The zero-order chi connectivity index (χ0) is 21.0. The van der Waals surface area contributed by atoms with Crippen molar-refractivity contribution >= 4 is 17.5 Å². The zero-order valence-electron chi connectivity index (χ0n) is 15.8. The van der Waals surface area contributed by atoms with Crippen molar-refractivity contribution in [2.75, 3.05) is 13.1 Å². The molecule has 2 unspecified atom stereocenters. The van der Waals surface area contributed by atoms with E-state index >= 15 is 0 Å². The summed E-state index contributed by atoms with van der Waals surface area (Å²) in [5.41, 5.74) is -0.308. The van der Waals surface area contributed by atoms with Crippen LogP contribution in [0.25, 0.3) is 0 Å². The highest BCUT2D eigenvalue weighted by Crippen LogP contribution is 2.37. The molecule has 0 spiro atoms. The van der Waals surface area contributed by atoms with Crippen molar-refractivity contribution in [2.45, 2.75) is 31.1 Å². The highest BCUT2D eigenvalue weighted by atomic mass is 35.5. The Hall–Kier alpha value is -2.31. The highest BCUT2D eigenvalue weighted by Gasteiger charge is 2.36. The number of hydrogen-bond acceptors (Lipinski definition) is 2. The molecule has 29 heavy (non-hydrogen) atoms. The van der Waals surface area contributed by atoms with Gasteiger partial charge in [0.15, 0.2) is 0 Å². The van der Waals surface area contributed by atoms with Crippen LogP contribution in [0.3, 0.4) is 0 Å². The average Bonchev–Trinajstić information content (AvgIpc) is 3.14. The summed E-state index contributed by atoms with van der Waals surface area (Å²) in [6.07, 6.45) is -0.976. The zero-order valence-corrected chi connectivity index (χ0v) is 16.5. The van der Waals surface area contributed by atoms with Crippen LogP contribution < -0.4 is 5.32 Å². The number of rotatable bonds is 6. The molecule has 1 N–H and O–H groups in total. The Labute approximate surface area is 173 Å². The van der Waals surface area contributed by atoms with Crippen molar-refractivity contribution in [3.05, 3.63) is 82.9 Å². The van der Waals surface area contributed by atoms with Crippen LogP contribution in [0.4, 0.5) is 13.2 Å². The first-order valence-electron chi connectivity index (χ1n) is 9.39. The van der Waals surface area contributed by atoms with Crippen molar-refractivity contribution in [1.29, 1.82) is 0 Å². The fourth-order valence-electron chi connectivity index (χ4n) is 3.83. The monoisotopic (exact) mass is 422 g/mol. The summed E-state index contributed by atoms with van der Waals surface area (Å²) in [5.74, 6) is -0.625. The van der Waals surface area contributed by atoms with E-state index in [0.717, 1.165) is 31.0 Å². The first kappa shape index (κ1) is 21.4. The summed E-state index contributed by atoms with van der Waals surface area (Å²) < 4.78 is 39.5. The van der Waals surface area contributed by atoms with E-state index in [2.05, 4.69) is 16.8 Å². The Kier molecular flexibility index (Phi) is 6.65. The molecule has 2 atom stereocenters. The van der Waals surface area contributed by atoms with Gasteiger partial charge in [0.1, 0.15) is 0 Å². The first-order valence-corrected chi connectivity index (χ1v) is 9.77. The summed E-state index contributed by atoms with van der Waals surface area (Å²) in [4.78, 5) is 15.2.